The molecule has 6 heteroatoms. The summed E-state index contributed by atoms with van der Waals surface area (Å²) in [5, 5.41) is 0. The van der Waals surface area contributed by atoms with Gasteiger partial charge in [-0.15, -0.1) is 0 Å². The lowest BCUT2D eigenvalue weighted by atomic mass is 10.1. The summed E-state index contributed by atoms with van der Waals surface area (Å²) >= 11 is 0. The Labute approximate surface area is 167 Å². The molecule has 0 saturated heterocycles. The number of carbonyl (C=O) groups is 2. The quantitative estimate of drug-likeness (QED) is 0.432. The Morgan fingerprint density at radius 3 is 1.30 bits per heavy atom. The van der Waals surface area contributed by atoms with Crippen molar-refractivity contribution in [3.8, 4) is 0 Å². The second kappa shape index (κ2) is 13.9. The van der Waals surface area contributed by atoms with Gasteiger partial charge in [0.25, 0.3) is 0 Å². The molecular weight excluding hydrogens is 340 g/mol. The molecule has 0 unspecified atom stereocenters. The fraction of sp³-hybridized carbons (Fsp3) is 0.905. The average Bonchev–Trinajstić information content (AvgIpc) is 2.53. The lowest BCUT2D eigenvalue weighted by Crippen LogP contribution is -2.44. The van der Waals surface area contributed by atoms with Crippen LogP contribution in [0.25, 0.3) is 0 Å². The minimum Gasteiger partial charge on any atom is -0.345 e. The van der Waals surface area contributed by atoms with E-state index in [2.05, 4.69) is 27.7 Å². The van der Waals surface area contributed by atoms with Crippen molar-refractivity contribution < 1.29 is 9.59 Å². The van der Waals surface area contributed by atoms with Gasteiger partial charge in [-0.1, -0.05) is 27.7 Å². The largest absolute Gasteiger partial charge is 0.345 e. The number of carbonyl (C=O) groups excluding carboxylic acids is 2. The molecule has 0 heterocycles. The monoisotopic (exact) mass is 384 g/mol. The maximum atomic E-state index is 12.3. The highest BCUT2D eigenvalue weighted by Crippen LogP contribution is 2.05. The molecule has 0 radical (unpaired) electrons. The third-order valence-electron chi connectivity index (χ3n) is 4.69. The van der Waals surface area contributed by atoms with Gasteiger partial charge in [0, 0.05) is 27.2 Å². The summed E-state index contributed by atoms with van der Waals surface area (Å²) in [5.74, 6) is 1.61. The van der Waals surface area contributed by atoms with Crippen molar-refractivity contribution >= 4 is 11.8 Å². The summed E-state index contributed by atoms with van der Waals surface area (Å²) < 4.78 is 0. The first-order chi connectivity index (χ1) is 12.5. The van der Waals surface area contributed by atoms with E-state index in [-0.39, 0.29) is 11.8 Å². The first kappa shape index (κ1) is 25.9. The molecule has 160 valence electrons. The maximum Gasteiger partial charge on any atom is 0.236 e. The van der Waals surface area contributed by atoms with Crippen molar-refractivity contribution in [2.45, 2.75) is 53.4 Å². The number of likely N-dealkylation sites (N-methyl/N-ethyl adjacent to an activating group) is 4. The fourth-order valence-electron chi connectivity index (χ4n) is 2.94. The Hall–Kier alpha value is -1.14. The molecule has 0 fully saturated rings. The van der Waals surface area contributed by atoms with E-state index in [0.717, 1.165) is 38.8 Å². The lowest BCUT2D eigenvalue weighted by Gasteiger charge is -2.27. The summed E-state index contributed by atoms with van der Waals surface area (Å²) in [7, 11) is 7.59. The van der Waals surface area contributed by atoms with Crippen molar-refractivity contribution in [3.05, 3.63) is 0 Å². The van der Waals surface area contributed by atoms with Crippen molar-refractivity contribution in [3.63, 3.8) is 0 Å². The lowest BCUT2D eigenvalue weighted by molar-refractivity contribution is -0.132. The highest BCUT2D eigenvalue weighted by atomic mass is 16.2. The van der Waals surface area contributed by atoms with E-state index in [1.165, 1.54) is 0 Å². The Morgan fingerprint density at radius 2 is 1.00 bits per heavy atom. The SMILES string of the molecule is CC(C)CCCN(C)C(=O)CN(C)CN(C)CC(=O)N(C)CCCC(C)C. The summed E-state index contributed by atoms with van der Waals surface area (Å²) in [6, 6.07) is 0. The smallest absolute Gasteiger partial charge is 0.236 e. The minimum atomic E-state index is 0.131. The molecule has 0 aliphatic rings. The van der Waals surface area contributed by atoms with Gasteiger partial charge in [0.05, 0.1) is 19.8 Å². The molecule has 0 aromatic rings. The normalized spacial score (nSPS) is 11.7. The summed E-state index contributed by atoms with van der Waals surface area (Å²) in [6.45, 7) is 11.8. The van der Waals surface area contributed by atoms with Crippen molar-refractivity contribution in [2.24, 2.45) is 11.8 Å². The van der Waals surface area contributed by atoms with E-state index in [1.54, 1.807) is 0 Å². The molecule has 27 heavy (non-hydrogen) atoms. The zero-order valence-corrected chi connectivity index (χ0v) is 19.1. The maximum absolute atomic E-state index is 12.3. The van der Waals surface area contributed by atoms with E-state index in [1.807, 2.05) is 47.8 Å². The Balaban J connectivity index is 4.12. The van der Waals surface area contributed by atoms with Crippen molar-refractivity contribution in [1.29, 1.82) is 0 Å². The molecule has 6 nitrogen and oxygen atoms in total. The third-order valence-corrected chi connectivity index (χ3v) is 4.69. The van der Waals surface area contributed by atoms with Gasteiger partial charge >= 0.3 is 0 Å². The van der Waals surface area contributed by atoms with Gasteiger partial charge in [-0.25, -0.2) is 0 Å². The molecule has 2 amide bonds. The molecule has 0 aliphatic heterocycles. The van der Waals surface area contributed by atoms with Crippen LogP contribution in [0, 0.1) is 11.8 Å². The standard InChI is InChI=1S/C21H44N4O2/c1-18(2)11-9-13-24(7)20(26)15-22(5)17-23(6)16-21(27)25(8)14-10-12-19(3)4/h18-19H,9-17H2,1-8H3. The Kier molecular flexibility index (Phi) is 13.4. The molecule has 0 bridgehead atoms. The highest BCUT2D eigenvalue weighted by molar-refractivity contribution is 5.78. The summed E-state index contributed by atoms with van der Waals surface area (Å²) in [6.07, 6.45) is 4.37. The van der Waals surface area contributed by atoms with E-state index in [4.69, 9.17) is 0 Å². The molecule has 0 rings (SSSR count). The van der Waals surface area contributed by atoms with Gasteiger partial charge in [0.1, 0.15) is 0 Å². The Morgan fingerprint density at radius 1 is 0.667 bits per heavy atom. The van der Waals surface area contributed by atoms with Crippen LogP contribution >= 0.6 is 0 Å². The van der Waals surface area contributed by atoms with Gasteiger partial charge in [-0.05, 0) is 51.6 Å². The first-order valence-electron chi connectivity index (χ1n) is 10.4. The number of rotatable bonds is 14. The van der Waals surface area contributed by atoms with Crippen LogP contribution < -0.4 is 0 Å². The van der Waals surface area contributed by atoms with Crippen LogP contribution in [0.4, 0.5) is 0 Å². The number of hydrogen-bond acceptors (Lipinski definition) is 4. The van der Waals surface area contributed by atoms with Crippen LogP contribution in [-0.2, 0) is 9.59 Å². The molecule has 0 atom stereocenters. The van der Waals surface area contributed by atoms with Gasteiger partial charge in [0.15, 0.2) is 0 Å². The van der Waals surface area contributed by atoms with E-state index < -0.39 is 0 Å². The zero-order valence-electron chi connectivity index (χ0n) is 19.1. The second-order valence-corrected chi connectivity index (χ2v) is 8.87. The van der Waals surface area contributed by atoms with Gasteiger partial charge in [-0.2, -0.15) is 0 Å². The molecule has 0 saturated carbocycles. The van der Waals surface area contributed by atoms with Crippen LogP contribution in [0.5, 0.6) is 0 Å². The second-order valence-electron chi connectivity index (χ2n) is 8.87. The third kappa shape index (κ3) is 13.6. The van der Waals surface area contributed by atoms with Crippen LogP contribution in [0.15, 0.2) is 0 Å². The van der Waals surface area contributed by atoms with E-state index in [0.29, 0.717) is 31.6 Å². The molecule has 0 spiro atoms. The topological polar surface area (TPSA) is 47.1 Å². The molecule has 0 N–H and O–H groups in total. The van der Waals surface area contributed by atoms with Crippen LogP contribution in [-0.4, -0.2) is 92.5 Å². The fourth-order valence-corrected chi connectivity index (χ4v) is 2.94. The van der Waals surface area contributed by atoms with Gasteiger partial charge in [-0.3, -0.25) is 19.4 Å². The number of nitrogens with zero attached hydrogens (tertiary/aromatic N) is 4. The number of hydrogen-bond donors (Lipinski definition) is 0. The number of amides is 2. The van der Waals surface area contributed by atoms with Crippen LogP contribution in [0.1, 0.15) is 53.4 Å². The average molecular weight is 385 g/mol. The molecular formula is C21H44N4O2. The van der Waals surface area contributed by atoms with Crippen LogP contribution in [0.3, 0.4) is 0 Å². The van der Waals surface area contributed by atoms with Crippen LogP contribution in [0.2, 0.25) is 0 Å². The predicted octanol–water partition coefficient (Wildman–Crippen LogP) is 2.60. The van der Waals surface area contributed by atoms with Crippen molar-refractivity contribution in [1.82, 2.24) is 19.6 Å². The van der Waals surface area contributed by atoms with Gasteiger partial charge in [0.2, 0.25) is 11.8 Å². The van der Waals surface area contributed by atoms with Gasteiger partial charge < -0.3 is 9.80 Å². The summed E-state index contributed by atoms with van der Waals surface area (Å²) in [5.41, 5.74) is 0. The Bertz CT molecular complexity index is 388. The predicted molar refractivity (Wildman–Crippen MR) is 114 cm³/mol. The minimum absolute atomic E-state index is 0.131. The molecule has 0 aliphatic carbocycles. The van der Waals surface area contributed by atoms with E-state index in [9.17, 15) is 9.59 Å². The van der Waals surface area contributed by atoms with Crippen molar-refractivity contribution in [2.75, 3.05) is 61.0 Å². The molecule has 0 aromatic heterocycles. The van der Waals surface area contributed by atoms with E-state index >= 15 is 0 Å². The zero-order chi connectivity index (χ0) is 21.0. The summed E-state index contributed by atoms with van der Waals surface area (Å²) in [4.78, 5) is 32.2. The first-order valence-corrected chi connectivity index (χ1v) is 10.4. The molecule has 0 aromatic carbocycles. The highest BCUT2D eigenvalue weighted by Gasteiger charge is 2.16.